The van der Waals surface area contributed by atoms with Gasteiger partial charge in [-0.25, -0.2) is 0 Å². The predicted molar refractivity (Wildman–Crippen MR) is 174 cm³/mol. The molecule has 2 aromatic heterocycles. The monoisotopic (exact) mass is 606 g/mol. The lowest BCUT2D eigenvalue weighted by molar-refractivity contribution is 0.668. The van der Waals surface area contributed by atoms with Gasteiger partial charge in [-0.1, -0.05) is 70.5 Å². The average Bonchev–Trinajstić information content (AvgIpc) is 3.63. The number of furan rings is 1. The van der Waals surface area contributed by atoms with E-state index in [1.807, 2.05) is 48.5 Å². The van der Waals surface area contributed by atoms with E-state index >= 15 is 0 Å². The number of fused-ring (bicyclic) bond motifs is 4. The largest absolute Gasteiger partial charge is 0.456 e. The molecule has 0 aliphatic heterocycles. The van der Waals surface area contributed by atoms with Gasteiger partial charge >= 0.3 is 0 Å². The molecule has 0 saturated heterocycles. The van der Waals surface area contributed by atoms with Gasteiger partial charge in [-0.05, 0) is 96.1 Å². The number of halogens is 1. The Morgan fingerprint density at radius 3 is 2.12 bits per heavy atom. The molecule has 0 bridgehead atoms. The van der Waals surface area contributed by atoms with Crippen molar-refractivity contribution in [2.24, 2.45) is 0 Å². The van der Waals surface area contributed by atoms with Crippen molar-refractivity contribution in [3.05, 3.63) is 144 Å². The number of hydrogen-bond acceptors (Lipinski definition) is 4. The van der Waals surface area contributed by atoms with Crippen molar-refractivity contribution in [3.8, 4) is 16.8 Å². The van der Waals surface area contributed by atoms with Crippen LogP contribution in [0.2, 0.25) is 0 Å². The molecule has 0 saturated carbocycles. The van der Waals surface area contributed by atoms with E-state index in [9.17, 15) is 0 Å². The molecule has 0 aliphatic carbocycles. The van der Waals surface area contributed by atoms with Gasteiger partial charge in [0.25, 0.3) is 0 Å². The van der Waals surface area contributed by atoms with Crippen molar-refractivity contribution >= 4 is 66.0 Å². The van der Waals surface area contributed by atoms with E-state index in [0.717, 1.165) is 71.3 Å². The van der Waals surface area contributed by atoms with Crippen LogP contribution < -0.4 is 4.90 Å². The second kappa shape index (κ2) is 10.0. The van der Waals surface area contributed by atoms with Crippen LogP contribution in [0.1, 0.15) is 0 Å². The highest BCUT2D eigenvalue weighted by Crippen LogP contribution is 2.40. The van der Waals surface area contributed by atoms with E-state index in [0.29, 0.717) is 0 Å². The normalized spacial score (nSPS) is 11.5. The van der Waals surface area contributed by atoms with E-state index in [1.54, 1.807) is 4.80 Å². The van der Waals surface area contributed by atoms with Crippen LogP contribution in [-0.2, 0) is 0 Å². The zero-order valence-electron chi connectivity index (χ0n) is 22.4. The van der Waals surface area contributed by atoms with Crippen LogP contribution in [0.25, 0.3) is 49.8 Å². The third-order valence-corrected chi connectivity index (χ3v) is 7.99. The fraction of sp³-hybridized carbons (Fsp3) is 0. The molecule has 0 unspecified atom stereocenters. The SMILES string of the molecule is Brc1ccc2c(c1)oc1ccc(N(c3ccccc3)c3cccc(-c4ccc5nn(-c6ccccc6)nc5c4)c3)cc12. The van der Waals surface area contributed by atoms with Gasteiger partial charge in [0.1, 0.15) is 22.2 Å². The summed E-state index contributed by atoms with van der Waals surface area (Å²) >= 11 is 3.56. The first kappa shape index (κ1) is 24.6. The number of aromatic nitrogens is 3. The van der Waals surface area contributed by atoms with Crippen LogP contribution in [0.4, 0.5) is 17.1 Å². The molecule has 42 heavy (non-hydrogen) atoms. The van der Waals surface area contributed by atoms with E-state index in [-0.39, 0.29) is 0 Å². The molecule has 0 amide bonds. The Balaban J connectivity index is 1.23. The standard InChI is InChI=1S/C36H23BrN4O/c37-26-15-17-31-32-23-30(16-19-35(32)42-36(31)22-26)40(27-9-3-1-4-10-27)29-13-7-8-24(20-29)25-14-18-33-34(21-25)39-41(38-33)28-11-5-2-6-12-28/h1-23H. The summed E-state index contributed by atoms with van der Waals surface area (Å²) in [7, 11) is 0. The molecule has 0 radical (unpaired) electrons. The van der Waals surface area contributed by atoms with Crippen LogP contribution in [0.15, 0.2) is 148 Å². The minimum atomic E-state index is 0.852. The van der Waals surface area contributed by atoms with Crippen LogP contribution in [0.3, 0.4) is 0 Å². The predicted octanol–water partition coefficient (Wildman–Crippen LogP) is 10.2. The lowest BCUT2D eigenvalue weighted by Crippen LogP contribution is -2.09. The van der Waals surface area contributed by atoms with Gasteiger partial charge in [-0.15, -0.1) is 10.2 Å². The van der Waals surface area contributed by atoms with Gasteiger partial charge < -0.3 is 9.32 Å². The fourth-order valence-corrected chi connectivity index (χ4v) is 5.84. The van der Waals surface area contributed by atoms with Crippen LogP contribution in [0, 0.1) is 0 Å². The first-order chi connectivity index (χ1) is 20.7. The Kier molecular flexibility index (Phi) is 5.86. The van der Waals surface area contributed by atoms with Crippen LogP contribution in [0.5, 0.6) is 0 Å². The number of para-hydroxylation sites is 2. The molecule has 0 atom stereocenters. The summed E-state index contributed by atoms with van der Waals surface area (Å²) in [5.41, 5.74) is 9.75. The Hall–Kier alpha value is -5.20. The smallest absolute Gasteiger partial charge is 0.136 e. The van der Waals surface area contributed by atoms with Gasteiger partial charge in [-0.2, -0.15) is 4.80 Å². The molecule has 0 aliphatic rings. The highest BCUT2D eigenvalue weighted by atomic mass is 79.9. The minimum absolute atomic E-state index is 0.852. The molecular weight excluding hydrogens is 584 g/mol. The summed E-state index contributed by atoms with van der Waals surface area (Å²) in [4.78, 5) is 3.97. The average molecular weight is 608 g/mol. The minimum Gasteiger partial charge on any atom is -0.456 e. The zero-order chi connectivity index (χ0) is 28.0. The van der Waals surface area contributed by atoms with E-state index < -0.39 is 0 Å². The summed E-state index contributed by atoms with van der Waals surface area (Å²) in [5, 5.41) is 11.6. The Morgan fingerprint density at radius 1 is 0.524 bits per heavy atom. The molecule has 0 fully saturated rings. The van der Waals surface area contributed by atoms with Crippen molar-refractivity contribution in [1.82, 2.24) is 15.0 Å². The molecule has 2 heterocycles. The van der Waals surface area contributed by atoms with Crippen LogP contribution >= 0.6 is 15.9 Å². The summed E-state index contributed by atoms with van der Waals surface area (Å²) < 4.78 is 7.16. The number of rotatable bonds is 5. The summed E-state index contributed by atoms with van der Waals surface area (Å²) in [6.45, 7) is 0. The molecule has 8 rings (SSSR count). The summed E-state index contributed by atoms with van der Waals surface area (Å²) in [5.74, 6) is 0. The molecule has 200 valence electrons. The zero-order valence-corrected chi connectivity index (χ0v) is 23.9. The molecule has 6 aromatic carbocycles. The first-order valence-corrected chi connectivity index (χ1v) is 14.5. The highest BCUT2D eigenvalue weighted by Gasteiger charge is 2.16. The van der Waals surface area contributed by atoms with Crippen molar-refractivity contribution in [2.45, 2.75) is 0 Å². The lowest BCUT2D eigenvalue weighted by atomic mass is 10.0. The van der Waals surface area contributed by atoms with Crippen LogP contribution in [-0.4, -0.2) is 15.0 Å². The summed E-state index contributed by atoms with van der Waals surface area (Å²) in [6.07, 6.45) is 0. The molecule has 0 N–H and O–H groups in total. The van der Waals surface area contributed by atoms with Gasteiger partial charge in [0, 0.05) is 32.3 Å². The lowest BCUT2D eigenvalue weighted by Gasteiger charge is -2.26. The number of benzene rings is 6. The fourth-order valence-electron chi connectivity index (χ4n) is 5.50. The van der Waals surface area contributed by atoms with Gasteiger partial charge in [0.05, 0.1) is 5.69 Å². The number of nitrogens with zero attached hydrogens (tertiary/aromatic N) is 4. The Morgan fingerprint density at radius 2 is 1.26 bits per heavy atom. The summed E-state index contributed by atoms with van der Waals surface area (Å²) in [6, 6.07) is 47.9. The second-order valence-electron chi connectivity index (χ2n) is 10.2. The quantitative estimate of drug-likeness (QED) is 0.195. The van der Waals surface area contributed by atoms with Crippen molar-refractivity contribution in [3.63, 3.8) is 0 Å². The maximum absolute atomic E-state index is 6.16. The third kappa shape index (κ3) is 4.33. The van der Waals surface area contributed by atoms with E-state index in [2.05, 4.69) is 117 Å². The molecule has 6 heteroatoms. The van der Waals surface area contributed by atoms with Gasteiger partial charge in [0.15, 0.2) is 0 Å². The van der Waals surface area contributed by atoms with Gasteiger partial charge in [-0.3, -0.25) is 0 Å². The molecule has 0 spiro atoms. The highest BCUT2D eigenvalue weighted by molar-refractivity contribution is 9.10. The van der Waals surface area contributed by atoms with Crippen molar-refractivity contribution in [1.29, 1.82) is 0 Å². The molecule has 5 nitrogen and oxygen atoms in total. The number of anilines is 3. The second-order valence-corrected chi connectivity index (χ2v) is 11.1. The van der Waals surface area contributed by atoms with Gasteiger partial charge in [0.2, 0.25) is 0 Å². The Labute approximate surface area is 250 Å². The van der Waals surface area contributed by atoms with E-state index in [1.165, 1.54) is 0 Å². The maximum atomic E-state index is 6.16. The Bertz CT molecular complexity index is 2220. The van der Waals surface area contributed by atoms with Crippen molar-refractivity contribution < 1.29 is 4.42 Å². The maximum Gasteiger partial charge on any atom is 0.136 e. The topological polar surface area (TPSA) is 47.1 Å². The third-order valence-electron chi connectivity index (χ3n) is 7.49. The number of hydrogen-bond donors (Lipinski definition) is 0. The van der Waals surface area contributed by atoms with Crippen molar-refractivity contribution in [2.75, 3.05) is 4.90 Å². The first-order valence-electron chi connectivity index (χ1n) is 13.7. The molecule has 8 aromatic rings. The molecular formula is C36H23BrN4O. The van der Waals surface area contributed by atoms with E-state index in [4.69, 9.17) is 9.52 Å².